The maximum atomic E-state index is 12.2. The monoisotopic (exact) mass is 425 g/mol. The van der Waals surface area contributed by atoms with Gasteiger partial charge in [0.2, 0.25) is 0 Å². The van der Waals surface area contributed by atoms with Crippen molar-refractivity contribution in [2.24, 2.45) is 0 Å². The first-order chi connectivity index (χ1) is 15.2. The van der Waals surface area contributed by atoms with Gasteiger partial charge in [-0.15, -0.1) is 0 Å². The summed E-state index contributed by atoms with van der Waals surface area (Å²) in [7, 11) is 0. The van der Waals surface area contributed by atoms with Crippen molar-refractivity contribution in [3.63, 3.8) is 0 Å². The molecule has 1 fully saturated rings. The summed E-state index contributed by atoms with van der Waals surface area (Å²) in [5.74, 6) is -0.165. The number of nitrogens with zero attached hydrogens (tertiary/aromatic N) is 1. The molecule has 4 rings (SSSR count). The quantitative estimate of drug-likeness (QED) is 0.544. The molecule has 164 valence electrons. The summed E-state index contributed by atoms with van der Waals surface area (Å²) in [4.78, 5) is 26.6. The van der Waals surface area contributed by atoms with E-state index in [2.05, 4.69) is 27.7 Å². The smallest absolute Gasteiger partial charge is 0.313 e. The third kappa shape index (κ3) is 5.74. The van der Waals surface area contributed by atoms with Gasteiger partial charge in [0.1, 0.15) is 13.2 Å². The lowest BCUT2D eigenvalue weighted by molar-refractivity contribution is -0.136. The first-order valence-corrected chi connectivity index (χ1v) is 10.6. The van der Waals surface area contributed by atoms with Crippen LogP contribution in [0.15, 0.2) is 48.5 Å². The number of morpholine rings is 1. The molecule has 0 saturated carbocycles. The molecule has 0 radical (unpaired) electrons. The van der Waals surface area contributed by atoms with Crippen LogP contribution in [0.5, 0.6) is 11.5 Å². The normalized spacial score (nSPS) is 18.3. The van der Waals surface area contributed by atoms with Crippen molar-refractivity contribution in [2.45, 2.75) is 12.5 Å². The topological polar surface area (TPSA) is 89.1 Å². The van der Waals surface area contributed by atoms with Crippen molar-refractivity contribution >= 4 is 17.5 Å². The van der Waals surface area contributed by atoms with Crippen LogP contribution in [0, 0.1) is 0 Å². The van der Waals surface area contributed by atoms with E-state index in [0.29, 0.717) is 43.6 Å². The van der Waals surface area contributed by atoms with Gasteiger partial charge < -0.3 is 24.8 Å². The molecule has 2 aromatic rings. The summed E-state index contributed by atoms with van der Waals surface area (Å²) in [5.41, 5.74) is 1.67. The highest BCUT2D eigenvalue weighted by Crippen LogP contribution is 2.32. The summed E-state index contributed by atoms with van der Waals surface area (Å²) in [6.07, 6.45) is 0.825. The SMILES string of the molecule is O=C(NCCCN1CCOC(c2ccccc2)C1)C(=O)Nc1ccc2c(c1)OCCO2. The minimum Gasteiger partial charge on any atom is -0.486 e. The van der Waals surface area contributed by atoms with Crippen molar-refractivity contribution in [3.8, 4) is 11.5 Å². The Labute approximate surface area is 181 Å². The summed E-state index contributed by atoms with van der Waals surface area (Å²) in [6.45, 7) is 4.59. The van der Waals surface area contributed by atoms with Gasteiger partial charge in [-0.05, 0) is 24.1 Å². The number of carbonyl (C=O) groups is 2. The van der Waals surface area contributed by atoms with E-state index in [4.69, 9.17) is 14.2 Å². The van der Waals surface area contributed by atoms with Gasteiger partial charge in [-0.25, -0.2) is 0 Å². The predicted molar refractivity (Wildman–Crippen MR) is 115 cm³/mol. The minimum absolute atomic E-state index is 0.0707. The zero-order chi connectivity index (χ0) is 21.5. The average Bonchev–Trinajstić information content (AvgIpc) is 2.82. The first kappa shape index (κ1) is 21.1. The van der Waals surface area contributed by atoms with E-state index in [9.17, 15) is 9.59 Å². The zero-order valence-corrected chi connectivity index (χ0v) is 17.3. The molecule has 2 heterocycles. The molecule has 0 aliphatic carbocycles. The number of fused-ring (bicyclic) bond motifs is 1. The van der Waals surface area contributed by atoms with Crippen LogP contribution in [0.1, 0.15) is 18.1 Å². The Morgan fingerprint density at radius 1 is 0.968 bits per heavy atom. The van der Waals surface area contributed by atoms with E-state index < -0.39 is 11.8 Å². The Kier molecular flexibility index (Phi) is 7.01. The second kappa shape index (κ2) is 10.3. The molecule has 2 aliphatic rings. The average molecular weight is 425 g/mol. The molecule has 2 aromatic carbocycles. The lowest BCUT2D eigenvalue weighted by Gasteiger charge is -2.33. The van der Waals surface area contributed by atoms with Crippen LogP contribution in [0.2, 0.25) is 0 Å². The van der Waals surface area contributed by atoms with Crippen LogP contribution >= 0.6 is 0 Å². The Morgan fingerprint density at radius 2 is 1.77 bits per heavy atom. The number of rotatable bonds is 6. The highest BCUT2D eigenvalue weighted by Gasteiger charge is 2.21. The Hall–Kier alpha value is -3.10. The molecule has 0 aromatic heterocycles. The molecule has 8 nitrogen and oxygen atoms in total. The molecule has 1 unspecified atom stereocenters. The van der Waals surface area contributed by atoms with E-state index in [1.807, 2.05) is 18.2 Å². The van der Waals surface area contributed by atoms with Crippen molar-refractivity contribution in [1.29, 1.82) is 0 Å². The molecule has 8 heteroatoms. The number of nitrogens with one attached hydrogen (secondary N) is 2. The second-order valence-electron chi connectivity index (χ2n) is 7.49. The van der Waals surface area contributed by atoms with E-state index in [1.54, 1.807) is 18.2 Å². The molecule has 2 N–H and O–H groups in total. The van der Waals surface area contributed by atoms with E-state index in [-0.39, 0.29) is 6.10 Å². The number of amides is 2. The number of anilines is 1. The minimum atomic E-state index is -0.702. The maximum Gasteiger partial charge on any atom is 0.313 e. The van der Waals surface area contributed by atoms with Crippen molar-refractivity contribution in [3.05, 3.63) is 54.1 Å². The molecule has 31 heavy (non-hydrogen) atoms. The third-order valence-electron chi connectivity index (χ3n) is 5.26. The predicted octanol–water partition coefficient (Wildman–Crippen LogP) is 1.98. The first-order valence-electron chi connectivity index (χ1n) is 10.6. The molecule has 2 aliphatic heterocycles. The van der Waals surface area contributed by atoms with E-state index in [1.165, 1.54) is 5.56 Å². The van der Waals surface area contributed by atoms with Gasteiger partial charge in [-0.1, -0.05) is 30.3 Å². The number of benzene rings is 2. The standard InChI is InChI=1S/C23H27N3O5/c27-22(23(28)25-18-7-8-19-20(15-18)31-14-13-30-19)24-9-4-10-26-11-12-29-21(16-26)17-5-2-1-3-6-17/h1-3,5-8,15,21H,4,9-14,16H2,(H,24,27)(H,25,28). The number of carbonyl (C=O) groups excluding carboxylic acids is 2. The van der Waals surface area contributed by atoms with Gasteiger partial charge in [-0.2, -0.15) is 0 Å². The lowest BCUT2D eigenvalue weighted by Crippen LogP contribution is -2.41. The molecule has 1 atom stereocenters. The Balaban J connectivity index is 1.17. The molecular formula is C23H27N3O5. The van der Waals surface area contributed by atoms with Crippen molar-refractivity contribution in [1.82, 2.24) is 10.2 Å². The second-order valence-corrected chi connectivity index (χ2v) is 7.49. The van der Waals surface area contributed by atoms with Gasteiger partial charge in [0.25, 0.3) is 0 Å². The van der Waals surface area contributed by atoms with Crippen molar-refractivity contribution in [2.75, 3.05) is 51.3 Å². The molecular weight excluding hydrogens is 398 g/mol. The molecule has 0 spiro atoms. The Morgan fingerprint density at radius 3 is 2.61 bits per heavy atom. The summed E-state index contributed by atoms with van der Waals surface area (Å²) < 4.78 is 16.8. The van der Waals surface area contributed by atoms with Gasteiger partial charge in [-0.3, -0.25) is 14.5 Å². The molecule has 1 saturated heterocycles. The maximum absolute atomic E-state index is 12.2. The van der Waals surface area contributed by atoms with Crippen LogP contribution in [0.4, 0.5) is 5.69 Å². The van der Waals surface area contributed by atoms with Crippen LogP contribution in [0.25, 0.3) is 0 Å². The van der Waals surface area contributed by atoms with Crippen molar-refractivity contribution < 1.29 is 23.8 Å². The van der Waals surface area contributed by atoms with Crippen LogP contribution in [-0.2, 0) is 14.3 Å². The fourth-order valence-electron chi connectivity index (χ4n) is 3.67. The van der Waals surface area contributed by atoms with E-state index >= 15 is 0 Å². The summed E-state index contributed by atoms with van der Waals surface area (Å²) in [6, 6.07) is 15.2. The van der Waals surface area contributed by atoms with Gasteiger partial charge >= 0.3 is 11.8 Å². The number of hydrogen-bond acceptors (Lipinski definition) is 6. The van der Waals surface area contributed by atoms with Crippen LogP contribution < -0.4 is 20.1 Å². The Bertz CT molecular complexity index is 905. The summed E-state index contributed by atoms with van der Waals surface area (Å²) in [5, 5.41) is 5.28. The third-order valence-corrected chi connectivity index (χ3v) is 5.26. The highest BCUT2D eigenvalue weighted by atomic mass is 16.6. The molecule has 2 amide bonds. The largest absolute Gasteiger partial charge is 0.486 e. The fraction of sp³-hybridized carbons (Fsp3) is 0.391. The van der Waals surface area contributed by atoms with Crippen LogP contribution in [-0.4, -0.2) is 62.7 Å². The number of hydrogen-bond donors (Lipinski definition) is 2. The summed E-state index contributed by atoms with van der Waals surface area (Å²) >= 11 is 0. The molecule has 0 bridgehead atoms. The number of ether oxygens (including phenoxy) is 3. The fourth-order valence-corrected chi connectivity index (χ4v) is 3.67. The van der Waals surface area contributed by atoms with Crippen LogP contribution in [0.3, 0.4) is 0 Å². The lowest BCUT2D eigenvalue weighted by atomic mass is 10.1. The highest BCUT2D eigenvalue weighted by molar-refractivity contribution is 6.39. The van der Waals surface area contributed by atoms with Gasteiger partial charge in [0.05, 0.1) is 12.7 Å². The zero-order valence-electron chi connectivity index (χ0n) is 17.3. The van der Waals surface area contributed by atoms with E-state index in [0.717, 1.165) is 26.1 Å². The van der Waals surface area contributed by atoms with Gasteiger partial charge in [0.15, 0.2) is 11.5 Å². The van der Waals surface area contributed by atoms with Gasteiger partial charge in [0, 0.05) is 37.9 Å².